The van der Waals surface area contributed by atoms with Crippen LogP contribution < -0.4 is 16.0 Å². The van der Waals surface area contributed by atoms with E-state index in [1.54, 1.807) is 6.33 Å². The molecule has 9 heteroatoms. The molecule has 0 unspecified atom stereocenters. The second-order valence-electron chi connectivity index (χ2n) is 6.72. The van der Waals surface area contributed by atoms with Crippen LogP contribution in [0.15, 0.2) is 24.8 Å². The lowest BCUT2D eigenvalue weighted by Crippen LogP contribution is -2.45. The number of carbonyl (C=O) groups excluding carboxylic acids is 1. The molecule has 1 fully saturated rings. The predicted molar refractivity (Wildman–Crippen MR) is 105 cm³/mol. The van der Waals surface area contributed by atoms with Crippen molar-refractivity contribution in [2.45, 2.75) is 25.8 Å². The minimum atomic E-state index is -0.224. The summed E-state index contributed by atoms with van der Waals surface area (Å²) in [6, 6.07) is 1.57. The van der Waals surface area contributed by atoms with Gasteiger partial charge in [-0.1, -0.05) is 11.6 Å². The van der Waals surface area contributed by atoms with Crippen LogP contribution in [0.1, 0.15) is 28.8 Å². The average molecular weight is 386 g/mol. The van der Waals surface area contributed by atoms with Crippen LogP contribution in [0.4, 0.5) is 11.6 Å². The van der Waals surface area contributed by atoms with Gasteiger partial charge in [-0.2, -0.15) is 0 Å². The van der Waals surface area contributed by atoms with Gasteiger partial charge in [0.25, 0.3) is 5.91 Å². The van der Waals surface area contributed by atoms with E-state index < -0.39 is 0 Å². The highest BCUT2D eigenvalue weighted by atomic mass is 35.5. The van der Waals surface area contributed by atoms with Gasteiger partial charge in [0.15, 0.2) is 0 Å². The Bertz CT molecular complexity index is 995. The Morgan fingerprint density at radius 2 is 2.11 bits per heavy atom. The Morgan fingerprint density at radius 3 is 2.89 bits per heavy atom. The van der Waals surface area contributed by atoms with Gasteiger partial charge in [-0.3, -0.25) is 4.79 Å². The molecule has 140 valence electrons. The first-order valence-electron chi connectivity index (χ1n) is 8.78. The number of nitrogen functional groups attached to an aromatic ring is 1. The Balaban J connectivity index is 1.44. The number of anilines is 2. The normalized spacial score (nSPS) is 15.3. The third kappa shape index (κ3) is 3.40. The maximum Gasteiger partial charge on any atom is 0.253 e. The number of aromatic nitrogens is 4. The van der Waals surface area contributed by atoms with Crippen LogP contribution in [-0.4, -0.2) is 45.0 Å². The lowest BCUT2D eigenvalue weighted by molar-refractivity contribution is 0.0931. The van der Waals surface area contributed by atoms with Crippen molar-refractivity contribution in [2.24, 2.45) is 0 Å². The van der Waals surface area contributed by atoms with E-state index in [-0.39, 0.29) is 17.8 Å². The maximum atomic E-state index is 12.5. The van der Waals surface area contributed by atoms with Crippen LogP contribution in [-0.2, 0) is 0 Å². The number of amides is 1. The minimum absolute atomic E-state index is 0.0730. The quantitative estimate of drug-likeness (QED) is 0.637. The lowest BCUT2D eigenvalue weighted by atomic mass is 10.0. The van der Waals surface area contributed by atoms with Gasteiger partial charge in [0.05, 0.1) is 16.0 Å². The zero-order valence-corrected chi connectivity index (χ0v) is 15.6. The lowest BCUT2D eigenvalue weighted by Gasteiger charge is -2.33. The summed E-state index contributed by atoms with van der Waals surface area (Å²) < 4.78 is 0. The molecule has 4 heterocycles. The molecule has 1 saturated heterocycles. The van der Waals surface area contributed by atoms with E-state index in [4.69, 9.17) is 17.3 Å². The summed E-state index contributed by atoms with van der Waals surface area (Å²) >= 11 is 6.07. The van der Waals surface area contributed by atoms with E-state index >= 15 is 0 Å². The van der Waals surface area contributed by atoms with Crippen molar-refractivity contribution in [3.8, 4) is 0 Å². The fourth-order valence-corrected chi connectivity index (χ4v) is 3.65. The molecule has 1 amide bonds. The van der Waals surface area contributed by atoms with Gasteiger partial charge in [-0.05, 0) is 31.4 Å². The van der Waals surface area contributed by atoms with Crippen molar-refractivity contribution < 1.29 is 4.79 Å². The van der Waals surface area contributed by atoms with Crippen LogP contribution >= 0.6 is 11.6 Å². The molecule has 4 N–H and O–H groups in total. The number of H-pyrrole nitrogens is 1. The van der Waals surface area contributed by atoms with Crippen molar-refractivity contribution in [1.29, 1.82) is 0 Å². The minimum Gasteiger partial charge on any atom is -0.384 e. The number of rotatable bonds is 3. The molecule has 0 aliphatic carbocycles. The number of pyridine rings is 1. The maximum absolute atomic E-state index is 12.5. The number of aromatic amines is 1. The molecule has 0 bridgehead atoms. The summed E-state index contributed by atoms with van der Waals surface area (Å²) in [4.78, 5) is 30.6. The fourth-order valence-electron chi connectivity index (χ4n) is 3.47. The van der Waals surface area contributed by atoms with E-state index in [0.717, 1.165) is 48.3 Å². The molecule has 1 aliphatic rings. The molecule has 0 saturated carbocycles. The molecule has 3 aromatic rings. The second-order valence-corrected chi connectivity index (χ2v) is 7.12. The van der Waals surface area contributed by atoms with Gasteiger partial charge in [0, 0.05) is 31.5 Å². The van der Waals surface area contributed by atoms with E-state index in [1.165, 1.54) is 12.3 Å². The third-order valence-corrected chi connectivity index (χ3v) is 5.20. The van der Waals surface area contributed by atoms with Crippen LogP contribution in [0.5, 0.6) is 0 Å². The first kappa shape index (κ1) is 17.5. The molecule has 0 aromatic carbocycles. The van der Waals surface area contributed by atoms with E-state index in [2.05, 4.69) is 30.2 Å². The summed E-state index contributed by atoms with van der Waals surface area (Å²) in [6.07, 6.45) is 6.56. The largest absolute Gasteiger partial charge is 0.384 e. The highest BCUT2D eigenvalue weighted by Crippen LogP contribution is 2.28. The Hall–Kier alpha value is -2.87. The van der Waals surface area contributed by atoms with Crippen molar-refractivity contribution >= 4 is 40.2 Å². The number of nitrogens with two attached hydrogens (primary N) is 1. The van der Waals surface area contributed by atoms with Crippen molar-refractivity contribution in [3.63, 3.8) is 0 Å². The van der Waals surface area contributed by atoms with Gasteiger partial charge < -0.3 is 20.9 Å². The molecule has 0 spiro atoms. The second kappa shape index (κ2) is 7.03. The number of nitrogens with zero attached hydrogens (tertiary/aromatic N) is 4. The van der Waals surface area contributed by atoms with Crippen molar-refractivity contribution in [2.75, 3.05) is 23.7 Å². The Morgan fingerprint density at radius 1 is 1.33 bits per heavy atom. The van der Waals surface area contributed by atoms with E-state index in [1.807, 2.05) is 13.1 Å². The number of hydrogen-bond acceptors (Lipinski definition) is 6. The molecular weight excluding hydrogens is 366 g/mol. The summed E-state index contributed by atoms with van der Waals surface area (Å²) in [6.45, 7) is 3.64. The number of aryl methyl sites for hydroxylation is 1. The number of hydrogen-bond donors (Lipinski definition) is 3. The van der Waals surface area contributed by atoms with Crippen LogP contribution in [0, 0.1) is 6.92 Å². The van der Waals surface area contributed by atoms with Gasteiger partial charge >= 0.3 is 0 Å². The van der Waals surface area contributed by atoms with Gasteiger partial charge in [0.1, 0.15) is 23.6 Å². The highest BCUT2D eigenvalue weighted by Gasteiger charge is 2.24. The smallest absolute Gasteiger partial charge is 0.253 e. The Kier molecular flexibility index (Phi) is 4.57. The average Bonchev–Trinajstić information content (AvgIpc) is 3.05. The monoisotopic (exact) mass is 385 g/mol. The van der Waals surface area contributed by atoms with Gasteiger partial charge in [0.2, 0.25) is 0 Å². The molecule has 0 radical (unpaired) electrons. The van der Waals surface area contributed by atoms with Gasteiger partial charge in [-0.25, -0.2) is 15.0 Å². The predicted octanol–water partition coefficient (Wildman–Crippen LogP) is 2.30. The molecule has 27 heavy (non-hydrogen) atoms. The van der Waals surface area contributed by atoms with E-state index in [0.29, 0.717) is 10.6 Å². The van der Waals surface area contributed by atoms with Crippen molar-refractivity contribution in [1.82, 2.24) is 25.3 Å². The van der Waals surface area contributed by atoms with Crippen LogP contribution in [0.3, 0.4) is 0 Å². The third-order valence-electron chi connectivity index (χ3n) is 4.90. The van der Waals surface area contributed by atoms with Crippen LogP contribution in [0.2, 0.25) is 5.02 Å². The molecule has 3 aromatic heterocycles. The number of halogens is 1. The number of piperidine rings is 1. The molecule has 4 rings (SSSR count). The summed E-state index contributed by atoms with van der Waals surface area (Å²) in [5, 5.41) is 4.40. The Labute approximate surface area is 161 Å². The summed E-state index contributed by atoms with van der Waals surface area (Å²) in [5.74, 6) is 0.987. The summed E-state index contributed by atoms with van der Waals surface area (Å²) in [5.41, 5.74) is 7.98. The number of nitrogens with one attached hydrogen (secondary N) is 2. The molecule has 1 aliphatic heterocycles. The summed E-state index contributed by atoms with van der Waals surface area (Å²) in [7, 11) is 0. The fraction of sp³-hybridized carbons (Fsp3) is 0.333. The first-order chi connectivity index (χ1) is 13.0. The topological polar surface area (TPSA) is 113 Å². The molecular formula is C18H20ClN7O. The number of carbonyl (C=O) groups is 1. The van der Waals surface area contributed by atoms with Gasteiger partial charge in [-0.15, -0.1) is 0 Å². The SMILES string of the molecule is Cc1c[nH]c2ncnc(N3CCC(NC(=O)c4cc(N)ncc4Cl)CC3)c12. The molecule has 0 atom stereocenters. The first-order valence-corrected chi connectivity index (χ1v) is 9.16. The van der Waals surface area contributed by atoms with Crippen LogP contribution in [0.25, 0.3) is 11.0 Å². The molecule has 8 nitrogen and oxygen atoms in total. The zero-order chi connectivity index (χ0) is 19.0. The van der Waals surface area contributed by atoms with Crippen molar-refractivity contribution in [3.05, 3.63) is 40.9 Å². The van der Waals surface area contributed by atoms with E-state index in [9.17, 15) is 4.79 Å². The zero-order valence-electron chi connectivity index (χ0n) is 14.9. The standard InChI is InChI=1S/C18H20ClN7O/c1-10-7-22-16-15(10)17(24-9-23-16)26-4-2-11(3-5-26)25-18(27)12-6-14(20)21-8-13(12)19/h6-9,11H,2-5H2,1H3,(H2,20,21)(H,25,27)(H,22,23,24). The highest BCUT2D eigenvalue weighted by molar-refractivity contribution is 6.33. The number of fused-ring (bicyclic) bond motifs is 1.